The molecule has 26 heavy (non-hydrogen) atoms. The van der Waals surface area contributed by atoms with Crippen LogP contribution in [0.5, 0.6) is 0 Å². The van der Waals surface area contributed by atoms with Gasteiger partial charge in [0.05, 0.1) is 23.4 Å². The highest BCUT2D eigenvalue weighted by atomic mass is 32.1. The number of ether oxygens (including phenoxy) is 1. The highest BCUT2D eigenvalue weighted by Crippen LogP contribution is 2.24. The Hall–Kier alpha value is -2.85. The summed E-state index contributed by atoms with van der Waals surface area (Å²) in [7, 11) is 0. The fraction of sp³-hybridized carbons (Fsp3) is 0.188. The second-order valence-corrected chi connectivity index (χ2v) is 6.94. The molecule has 0 aliphatic rings. The Morgan fingerprint density at radius 3 is 2.62 bits per heavy atom. The first-order chi connectivity index (χ1) is 12.4. The maximum absolute atomic E-state index is 12.4. The molecule has 10 heteroatoms. The summed E-state index contributed by atoms with van der Waals surface area (Å²) in [6, 6.07) is 6.48. The first kappa shape index (κ1) is 18.0. The number of hydrogen-bond donors (Lipinski definition) is 2. The molecule has 0 radical (unpaired) electrons. The topological polar surface area (TPSA) is 110 Å². The van der Waals surface area contributed by atoms with Gasteiger partial charge in [0.2, 0.25) is 0 Å². The van der Waals surface area contributed by atoms with E-state index in [9.17, 15) is 14.4 Å². The van der Waals surface area contributed by atoms with Gasteiger partial charge in [0.25, 0.3) is 11.8 Å². The minimum absolute atomic E-state index is 0.181. The van der Waals surface area contributed by atoms with Crippen LogP contribution in [0.4, 0.5) is 9.80 Å². The number of imide groups is 1. The lowest BCUT2D eigenvalue weighted by Gasteiger charge is -2.09. The quantitative estimate of drug-likeness (QED) is 0.707. The highest BCUT2D eigenvalue weighted by Gasteiger charge is 2.19. The molecular weight excluding hydrogens is 376 g/mol. The van der Waals surface area contributed by atoms with Crippen molar-refractivity contribution < 1.29 is 19.1 Å². The average Bonchev–Trinajstić information content (AvgIpc) is 3.21. The van der Waals surface area contributed by atoms with E-state index in [0.717, 1.165) is 11.7 Å². The number of carbonyl (C=O) groups excluding carboxylic acids is 3. The summed E-state index contributed by atoms with van der Waals surface area (Å²) in [6.45, 7) is 3.35. The van der Waals surface area contributed by atoms with E-state index >= 15 is 0 Å². The van der Waals surface area contributed by atoms with E-state index in [1.54, 1.807) is 37.4 Å². The van der Waals surface area contributed by atoms with Gasteiger partial charge in [0.15, 0.2) is 0 Å². The average molecular weight is 390 g/mol. The van der Waals surface area contributed by atoms with E-state index in [-0.39, 0.29) is 17.6 Å². The molecule has 0 unspecified atom stereocenters. The zero-order valence-electron chi connectivity index (χ0n) is 13.8. The van der Waals surface area contributed by atoms with Crippen LogP contribution in [-0.2, 0) is 4.74 Å². The third-order valence-electron chi connectivity index (χ3n) is 3.21. The van der Waals surface area contributed by atoms with Gasteiger partial charge in [0, 0.05) is 5.56 Å². The molecule has 0 saturated carbocycles. The Morgan fingerprint density at radius 1 is 1.08 bits per heavy atom. The summed E-state index contributed by atoms with van der Waals surface area (Å²) in [5, 5.41) is 6.79. The number of rotatable bonds is 4. The summed E-state index contributed by atoms with van der Waals surface area (Å²) in [6.07, 6.45) is -1.19. The summed E-state index contributed by atoms with van der Waals surface area (Å²) in [5.41, 5.74) is 1.92. The second kappa shape index (κ2) is 7.58. The number of amides is 3. The molecular formula is C16H14N4O4S2. The van der Waals surface area contributed by atoms with E-state index in [1.165, 1.54) is 17.4 Å². The van der Waals surface area contributed by atoms with Gasteiger partial charge in [0.1, 0.15) is 16.0 Å². The van der Waals surface area contributed by atoms with Gasteiger partial charge >= 0.3 is 6.09 Å². The molecule has 0 bridgehead atoms. The number of benzene rings is 1. The molecule has 0 saturated heterocycles. The van der Waals surface area contributed by atoms with Crippen LogP contribution in [0, 0.1) is 0 Å². The third-order valence-corrected chi connectivity index (χ3v) is 4.60. The van der Waals surface area contributed by atoms with Crippen LogP contribution in [0.2, 0.25) is 0 Å². The Labute approximate surface area is 156 Å². The van der Waals surface area contributed by atoms with Crippen LogP contribution in [0.3, 0.4) is 0 Å². The van der Waals surface area contributed by atoms with Gasteiger partial charge in [-0.05, 0) is 43.5 Å². The number of thiophene rings is 1. The maximum Gasteiger partial charge on any atom is 0.414 e. The number of hydrogen-bond acceptors (Lipinski definition) is 8. The van der Waals surface area contributed by atoms with E-state index in [0.29, 0.717) is 21.6 Å². The monoisotopic (exact) mass is 390 g/mol. The number of anilines is 1. The van der Waals surface area contributed by atoms with Crippen molar-refractivity contribution in [2.75, 3.05) is 5.32 Å². The van der Waals surface area contributed by atoms with Gasteiger partial charge in [-0.1, -0.05) is 0 Å². The highest BCUT2D eigenvalue weighted by molar-refractivity contribution is 7.14. The zero-order valence-corrected chi connectivity index (χ0v) is 15.4. The zero-order chi connectivity index (χ0) is 18.7. The molecule has 0 aliphatic heterocycles. The van der Waals surface area contributed by atoms with E-state index in [2.05, 4.69) is 19.4 Å². The Kier molecular flexibility index (Phi) is 5.24. The van der Waals surface area contributed by atoms with E-state index in [4.69, 9.17) is 4.74 Å². The fourth-order valence-electron chi connectivity index (χ4n) is 2.09. The van der Waals surface area contributed by atoms with E-state index in [1.807, 2.05) is 0 Å². The Morgan fingerprint density at radius 2 is 1.85 bits per heavy atom. The number of alkyl carbamates (subject to hydrolysis) is 1. The SMILES string of the molecule is CC(C)OC(=O)NC(=O)c1ccsc1NC(=O)c1ccc2nsnc2c1. The lowest BCUT2D eigenvalue weighted by molar-refractivity contribution is 0.0877. The smallest absolute Gasteiger partial charge is 0.414 e. The van der Waals surface area contributed by atoms with Crippen molar-refractivity contribution in [2.24, 2.45) is 0 Å². The van der Waals surface area contributed by atoms with Gasteiger partial charge < -0.3 is 10.1 Å². The predicted octanol–water partition coefficient (Wildman–Crippen LogP) is 3.28. The summed E-state index contributed by atoms with van der Waals surface area (Å²) in [4.78, 5) is 36.2. The van der Waals surface area contributed by atoms with Gasteiger partial charge in [-0.3, -0.25) is 14.9 Å². The van der Waals surface area contributed by atoms with Crippen molar-refractivity contribution in [3.63, 3.8) is 0 Å². The van der Waals surface area contributed by atoms with Gasteiger partial charge in [-0.15, -0.1) is 11.3 Å². The van der Waals surface area contributed by atoms with Crippen LogP contribution in [0.1, 0.15) is 34.6 Å². The number of nitrogens with zero attached hydrogens (tertiary/aromatic N) is 2. The molecule has 134 valence electrons. The number of carbonyl (C=O) groups is 3. The standard InChI is InChI=1S/C16H14N4O4S2/c1-8(2)24-16(23)18-14(22)10-5-6-25-15(10)17-13(21)9-3-4-11-12(7-9)20-26-19-11/h3-8H,1-2H3,(H,17,21)(H,18,22,23). The number of nitrogens with one attached hydrogen (secondary N) is 2. The lowest BCUT2D eigenvalue weighted by Crippen LogP contribution is -2.32. The maximum atomic E-state index is 12.4. The van der Waals surface area contributed by atoms with Gasteiger partial charge in [-0.25, -0.2) is 4.79 Å². The summed E-state index contributed by atoms with van der Waals surface area (Å²) < 4.78 is 13.1. The molecule has 0 atom stereocenters. The Bertz CT molecular complexity index is 979. The summed E-state index contributed by atoms with van der Waals surface area (Å²) in [5.74, 6) is -1.03. The first-order valence-corrected chi connectivity index (χ1v) is 9.18. The van der Waals surface area contributed by atoms with Crippen molar-refractivity contribution >= 4 is 57.0 Å². The van der Waals surface area contributed by atoms with Crippen molar-refractivity contribution in [2.45, 2.75) is 20.0 Å². The molecule has 2 N–H and O–H groups in total. The van der Waals surface area contributed by atoms with Crippen LogP contribution in [-0.4, -0.2) is 32.8 Å². The van der Waals surface area contributed by atoms with Crippen molar-refractivity contribution in [1.82, 2.24) is 14.1 Å². The number of aromatic nitrogens is 2. The minimum Gasteiger partial charge on any atom is -0.447 e. The predicted molar refractivity (Wildman–Crippen MR) is 98.8 cm³/mol. The molecule has 0 spiro atoms. The van der Waals surface area contributed by atoms with Crippen LogP contribution >= 0.6 is 23.1 Å². The van der Waals surface area contributed by atoms with Crippen LogP contribution < -0.4 is 10.6 Å². The van der Waals surface area contributed by atoms with E-state index < -0.39 is 12.0 Å². The van der Waals surface area contributed by atoms with Crippen molar-refractivity contribution in [3.8, 4) is 0 Å². The molecule has 0 fully saturated rings. The minimum atomic E-state index is -0.838. The molecule has 0 aliphatic carbocycles. The molecule has 1 aromatic carbocycles. The molecule has 3 rings (SSSR count). The van der Waals surface area contributed by atoms with Crippen molar-refractivity contribution in [1.29, 1.82) is 0 Å². The van der Waals surface area contributed by atoms with Crippen LogP contribution in [0.15, 0.2) is 29.6 Å². The fourth-order valence-corrected chi connectivity index (χ4v) is 3.38. The first-order valence-electron chi connectivity index (χ1n) is 7.57. The van der Waals surface area contributed by atoms with Crippen LogP contribution in [0.25, 0.3) is 11.0 Å². The molecule has 3 amide bonds. The largest absolute Gasteiger partial charge is 0.447 e. The number of fused-ring (bicyclic) bond motifs is 1. The lowest BCUT2D eigenvalue weighted by atomic mass is 10.2. The molecule has 3 aromatic rings. The molecule has 8 nitrogen and oxygen atoms in total. The summed E-state index contributed by atoms with van der Waals surface area (Å²) >= 11 is 2.24. The van der Waals surface area contributed by atoms with Gasteiger partial charge in [-0.2, -0.15) is 8.75 Å². The Balaban J connectivity index is 1.72. The second-order valence-electron chi connectivity index (χ2n) is 5.49. The molecule has 2 aromatic heterocycles. The molecule has 2 heterocycles. The third kappa shape index (κ3) is 4.03. The normalized spacial score (nSPS) is 10.7. The van der Waals surface area contributed by atoms with Crippen molar-refractivity contribution in [3.05, 3.63) is 40.8 Å².